The summed E-state index contributed by atoms with van der Waals surface area (Å²) < 4.78 is 2.12. The summed E-state index contributed by atoms with van der Waals surface area (Å²) >= 11 is 0. The number of likely N-dealkylation sites (N-methyl/N-ethyl adjacent to an activating group) is 1. The second kappa shape index (κ2) is 7.59. The predicted molar refractivity (Wildman–Crippen MR) is 98.4 cm³/mol. The van der Waals surface area contributed by atoms with E-state index < -0.39 is 5.54 Å². The molecule has 3 amide bonds. The molecule has 0 saturated heterocycles. The fourth-order valence-corrected chi connectivity index (χ4v) is 3.69. The van der Waals surface area contributed by atoms with Crippen molar-refractivity contribution >= 4 is 22.8 Å². The number of aromatic nitrogens is 1. The van der Waals surface area contributed by atoms with Gasteiger partial charge < -0.3 is 20.5 Å². The molecule has 0 spiro atoms. The summed E-state index contributed by atoms with van der Waals surface area (Å²) in [6, 6.07) is 9.95. The zero-order valence-corrected chi connectivity index (χ0v) is 14.7. The third-order valence-electron chi connectivity index (χ3n) is 5.04. The number of hydrogen-bond donors (Lipinski definition) is 3. The van der Waals surface area contributed by atoms with Gasteiger partial charge in [0.2, 0.25) is 5.91 Å². The lowest BCUT2D eigenvalue weighted by molar-refractivity contribution is -0.128. The van der Waals surface area contributed by atoms with Gasteiger partial charge in [-0.1, -0.05) is 37.5 Å². The Morgan fingerprint density at radius 1 is 1.12 bits per heavy atom. The minimum Gasteiger partial charge on any atom is -0.357 e. The highest BCUT2D eigenvalue weighted by Gasteiger charge is 2.40. The zero-order valence-electron chi connectivity index (χ0n) is 14.7. The van der Waals surface area contributed by atoms with Crippen LogP contribution < -0.4 is 16.0 Å². The maximum Gasteiger partial charge on any atom is 0.315 e. The van der Waals surface area contributed by atoms with Crippen LogP contribution >= 0.6 is 0 Å². The van der Waals surface area contributed by atoms with Gasteiger partial charge >= 0.3 is 6.03 Å². The first kappa shape index (κ1) is 17.3. The number of benzene rings is 1. The molecule has 0 atom stereocenters. The Balaban J connectivity index is 1.56. The number of nitrogens with one attached hydrogen (secondary N) is 3. The van der Waals surface area contributed by atoms with Crippen LogP contribution in [0.15, 0.2) is 36.5 Å². The van der Waals surface area contributed by atoms with E-state index in [0.717, 1.165) is 24.8 Å². The largest absolute Gasteiger partial charge is 0.357 e. The average molecular weight is 342 g/mol. The van der Waals surface area contributed by atoms with Crippen molar-refractivity contribution in [3.63, 3.8) is 0 Å². The van der Waals surface area contributed by atoms with Gasteiger partial charge in [0.05, 0.1) is 0 Å². The number of fused-ring (bicyclic) bond motifs is 1. The van der Waals surface area contributed by atoms with Crippen LogP contribution in [0.3, 0.4) is 0 Å². The molecule has 3 rings (SSSR count). The molecule has 6 heteroatoms. The Hall–Kier alpha value is -2.50. The average Bonchev–Trinajstić information content (AvgIpc) is 3.05. The number of para-hydroxylation sites is 1. The Kier molecular flexibility index (Phi) is 5.26. The van der Waals surface area contributed by atoms with Crippen LogP contribution in [0.25, 0.3) is 10.9 Å². The summed E-state index contributed by atoms with van der Waals surface area (Å²) in [5.74, 6) is -0.0984. The van der Waals surface area contributed by atoms with E-state index in [1.165, 1.54) is 5.39 Å². The molecule has 3 N–H and O–H groups in total. The molecule has 1 heterocycles. The van der Waals surface area contributed by atoms with Crippen molar-refractivity contribution in [3.05, 3.63) is 36.5 Å². The van der Waals surface area contributed by atoms with Gasteiger partial charge in [-0.2, -0.15) is 0 Å². The Morgan fingerprint density at radius 2 is 1.88 bits per heavy atom. The van der Waals surface area contributed by atoms with Crippen molar-refractivity contribution in [2.24, 2.45) is 0 Å². The van der Waals surface area contributed by atoms with E-state index in [0.29, 0.717) is 25.9 Å². The van der Waals surface area contributed by atoms with E-state index in [1.807, 2.05) is 18.3 Å². The van der Waals surface area contributed by atoms with Crippen molar-refractivity contribution < 1.29 is 9.59 Å². The monoisotopic (exact) mass is 342 g/mol. The van der Waals surface area contributed by atoms with Crippen LogP contribution in [0.5, 0.6) is 0 Å². The van der Waals surface area contributed by atoms with E-state index in [4.69, 9.17) is 0 Å². The van der Waals surface area contributed by atoms with E-state index in [9.17, 15) is 9.59 Å². The Labute approximate surface area is 148 Å². The van der Waals surface area contributed by atoms with Gasteiger partial charge in [0.15, 0.2) is 0 Å². The molecule has 1 aliphatic rings. The lowest BCUT2D eigenvalue weighted by Crippen LogP contribution is -2.61. The summed E-state index contributed by atoms with van der Waals surface area (Å²) in [5, 5.41) is 9.70. The molecular weight excluding hydrogens is 316 g/mol. The van der Waals surface area contributed by atoms with Crippen LogP contribution in [0.4, 0.5) is 4.79 Å². The molecule has 1 saturated carbocycles. The highest BCUT2D eigenvalue weighted by atomic mass is 16.2. The number of urea groups is 1. The summed E-state index contributed by atoms with van der Waals surface area (Å²) in [4.78, 5) is 24.6. The molecule has 2 aromatic rings. The summed E-state index contributed by atoms with van der Waals surface area (Å²) in [5.41, 5.74) is 0.385. The maximum atomic E-state index is 12.3. The van der Waals surface area contributed by atoms with Crippen LogP contribution in [0, 0.1) is 0 Å². The number of rotatable bonds is 5. The lowest BCUT2D eigenvalue weighted by Gasteiger charge is -2.36. The van der Waals surface area contributed by atoms with Crippen LogP contribution in [0.1, 0.15) is 32.1 Å². The summed E-state index contributed by atoms with van der Waals surface area (Å²) in [7, 11) is 1.62. The van der Waals surface area contributed by atoms with Crippen molar-refractivity contribution in [1.29, 1.82) is 0 Å². The minimum atomic E-state index is -0.767. The van der Waals surface area contributed by atoms with Gasteiger partial charge in [0.1, 0.15) is 5.54 Å². The molecule has 1 aliphatic carbocycles. The van der Waals surface area contributed by atoms with Crippen molar-refractivity contribution in [2.45, 2.75) is 44.2 Å². The molecular formula is C19H26N4O2. The molecule has 0 aliphatic heterocycles. The molecule has 134 valence electrons. The molecule has 6 nitrogen and oxygen atoms in total. The molecule has 1 aromatic heterocycles. The van der Waals surface area contributed by atoms with Crippen molar-refractivity contribution in [2.75, 3.05) is 13.6 Å². The van der Waals surface area contributed by atoms with Gasteiger partial charge in [0, 0.05) is 31.9 Å². The number of carbonyl (C=O) groups is 2. The summed E-state index contributed by atoms with van der Waals surface area (Å²) in [6.45, 7) is 1.20. The number of nitrogens with zero attached hydrogens (tertiary/aromatic N) is 1. The molecule has 1 aromatic carbocycles. The second-order valence-electron chi connectivity index (χ2n) is 6.67. The third kappa shape index (κ3) is 3.78. The standard InChI is InChI=1S/C19H26N4O2/c1-20-17(24)19(10-5-2-6-11-19)22-18(25)21-12-14-23-13-9-15-7-3-4-8-16(15)23/h3-4,7-9,13H,2,5-6,10-12,14H2,1H3,(H,20,24)(H2,21,22,25). The topological polar surface area (TPSA) is 75.2 Å². The Bertz CT molecular complexity index is 747. The van der Waals surface area contributed by atoms with Crippen molar-refractivity contribution in [1.82, 2.24) is 20.5 Å². The van der Waals surface area contributed by atoms with E-state index in [2.05, 4.69) is 38.7 Å². The lowest BCUT2D eigenvalue weighted by atomic mass is 9.81. The second-order valence-corrected chi connectivity index (χ2v) is 6.67. The number of carbonyl (C=O) groups excluding carboxylic acids is 2. The molecule has 25 heavy (non-hydrogen) atoms. The van der Waals surface area contributed by atoms with Gasteiger partial charge in [0.25, 0.3) is 0 Å². The van der Waals surface area contributed by atoms with Gasteiger partial charge in [-0.3, -0.25) is 4.79 Å². The SMILES string of the molecule is CNC(=O)C1(NC(=O)NCCn2ccc3ccccc32)CCCCC1. The molecule has 0 unspecified atom stereocenters. The van der Waals surface area contributed by atoms with Crippen LogP contribution in [-0.4, -0.2) is 35.6 Å². The minimum absolute atomic E-state index is 0.0984. The van der Waals surface area contributed by atoms with E-state index in [1.54, 1.807) is 7.05 Å². The zero-order chi connectivity index (χ0) is 17.7. The van der Waals surface area contributed by atoms with Gasteiger partial charge in [-0.15, -0.1) is 0 Å². The molecule has 0 radical (unpaired) electrons. The fraction of sp³-hybridized carbons (Fsp3) is 0.474. The Morgan fingerprint density at radius 3 is 2.64 bits per heavy atom. The van der Waals surface area contributed by atoms with Gasteiger partial charge in [-0.05, 0) is 30.4 Å². The first-order valence-corrected chi connectivity index (χ1v) is 8.97. The highest BCUT2D eigenvalue weighted by molar-refractivity contribution is 5.91. The first-order valence-electron chi connectivity index (χ1n) is 8.97. The molecule has 1 fully saturated rings. The number of amides is 3. The van der Waals surface area contributed by atoms with Gasteiger partial charge in [-0.25, -0.2) is 4.79 Å². The fourth-order valence-electron chi connectivity index (χ4n) is 3.69. The first-order chi connectivity index (χ1) is 12.1. The quantitative estimate of drug-likeness (QED) is 0.780. The van der Waals surface area contributed by atoms with Crippen LogP contribution in [0.2, 0.25) is 0 Å². The van der Waals surface area contributed by atoms with Crippen molar-refractivity contribution in [3.8, 4) is 0 Å². The maximum absolute atomic E-state index is 12.3. The number of hydrogen-bond acceptors (Lipinski definition) is 2. The summed E-state index contributed by atoms with van der Waals surface area (Å²) in [6.07, 6.45) is 6.46. The highest BCUT2D eigenvalue weighted by Crippen LogP contribution is 2.28. The van der Waals surface area contributed by atoms with Crippen LogP contribution in [-0.2, 0) is 11.3 Å². The predicted octanol–water partition coefficient (Wildman–Crippen LogP) is 2.39. The van der Waals surface area contributed by atoms with E-state index >= 15 is 0 Å². The third-order valence-corrected chi connectivity index (χ3v) is 5.04. The van der Waals surface area contributed by atoms with E-state index in [-0.39, 0.29) is 11.9 Å². The normalized spacial score (nSPS) is 16.4. The molecule has 0 bridgehead atoms. The smallest absolute Gasteiger partial charge is 0.315 e.